The molecule has 1 amide bonds. The lowest BCUT2D eigenvalue weighted by Gasteiger charge is -2.28. The third-order valence-corrected chi connectivity index (χ3v) is 5.20. The Morgan fingerprint density at radius 1 is 1.30 bits per heavy atom. The zero-order chi connectivity index (χ0) is 19.0. The Balaban J connectivity index is 1.60. The molecule has 0 atom stereocenters. The Hall–Kier alpha value is -2.96. The number of carbonyl (C=O) groups excluding carboxylic acids is 1. The first-order valence-electron chi connectivity index (χ1n) is 9.33. The molecule has 0 spiro atoms. The first-order valence-corrected chi connectivity index (χ1v) is 9.33. The average Bonchev–Trinajstić information content (AvgIpc) is 3.25. The van der Waals surface area contributed by atoms with Crippen LogP contribution in [0.2, 0.25) is 0 Å². The van der Waals surface area contributed by atoms with E-state index in [1.807, 2.05) is 46.3 Å². The molecule has 0 aliphatic carbocycles. The van der Waals surface area contributed by atoms with E-state index in [9.17, 15) is 4.79 Å². The summed E-state index contributed by atoms with van der Waals surface area (Å²) in [4.78, 5) is 14.8. The molecular weight excluding hydrogens is 340 g/mol. The van der Waals surface area contributed by atoms with E-state index < -0.39 is 0 Å². The molecule has 0 saturated heterocycles. The second kappa shape index (κ2) is 6.98. The summed E-state index contributed by atoms with van der Waals surface area (Å²) in [5.74, 6) is 0.917. The van der Waals surface area contributed by atoms with Crippen LogP contribution < -0.4 is 0 Å². The van der Waals surface area contributed by atoms with Crippen LogP contribution in [0.25, 0.3) is 11.5 Å². The minimum atomic E-state index is 0.151. The van der Waals surface area contributed by atoms with Gasteiger partial charge in [-0.25, -0.2) is 0 Å². The first kappa shape index (κ1) is 17.5. The number of nitrogens with zero attached hydrogens (tertiary/aromatic N) is 6. The van der Waals surface area contributed by atoms with E-state index in [1.54, 1.807) is 6.33 Å². The van der Waals surface area contributed by atoms with Gasteiger partial charge in [-0.2, -0.15) is 5.10 Å². The summed E-state index contributed by atoms with van der Waals surface area (Å²) in [5.41, 5.74) is 5.33. The lowest BCUT2D eigenvalue weighted by atomic mass is 10.0. The Kier molecular flexibility index (Phi) is 4.51. The molecule has 0 unspecified atom stereocenters. The van der Waals surface area contributed by atoms with Crippen LogP contribution >= 0.6 is 0 Å². The third-order valence-electron chi connectivity index (χ3n) is 5.20. The number of benzene rings is 1. The SMILES string of the molecule is CCn1cnnc1-c1nn(C)c2c1CN(C(=O)Cc1cccc(C)c1)CC2. The van der Waals surface area contributed by atoms with Crippen molar-refractivity contribution in [3.8, 4) is 11.5 Å². The van der Waals surface area contributed by atoms with E-state index in [1.165, 1.54) is 11.3 Å². The van der Waals surface area contributed by atoms with Crippen LogP contribution in [0.5, 0.6) is 0 Å². The molecule has 1 aliphatic heterocycles. The molecule has 2 aromatic heterocycles. The van der Waals surface area contributed by atoms with E-state index >= 15 is 0 Å². The number of rotatable bonds is 4. The van der Waals surface area contributed by atoms with E-state index in [4.69, 9.17) is 0 Å². The monoisotopic (exact) mass is 364 g/mol. The van der Waals surface area contributed by atoms with Crippen molar-refractivity contribution in [2.75, 3.05) is 6.54 Å². The van der Waals surface area contributed by atoms with Crippen LogP contribution in [0.15, 0.2) is 30.6 Å². The Labute approximate surface area is 158 Å². The molecule has 3 aromatic rings. The molecule has 7 heteroatoms. The van der Waals surface area contributed by atoms with Gasteiger partial charge >= 0.3 is 0 Å². The molecule has 3 heterocycles. The molecule has 140 valence electrons. The van der Waals surface area contributed by atoms with Crippen LogP contribution in [0.3, 0.4) is 0 Å². The summed E-state index contributed by atoms with van der Waals surface area (Å²) in [5, 5.41) is 13.0. The molecule has 27 heavy (non-hydrogen) atoms. The molecule has 4 rings (SSSR count). The minimum Gasteiger partial charge on any atom is -0.338 e. The molecule has 0 radical (unpaired) electrons. The highest BCUT2D eigenvalue weighted by molar-refractivity contribution is 5.79. The predicted molar refractivity (Wildman–Crippen MR) is 102 cm³/mol. The lowest BCUT2D eigenvalue weighted by Crippen LogP contribution is -2.37. The molecule has 0 fully saturated rings. The van der Waals surface area contributed by atoms with Crippen molar-refractivity contribution in [2.45, 2.75) is 39.8 Å². The van der Waals surface area contributed by atoms with Crippen molar-refractivity contribution in [3.05, 3.63) is 53.0 Å². The van der Waals surface area contributed by atoms with E-state index in [-0.39, 0.29) is 5.91 Å². The van der Waals surface area contributed by atoms with Crippen LogP contribution in [-0.4, -0.2) is 41.9 Å². The highest BCUT2D eigenvalue weighted by atomic mass is 16.2. The minimum absolute atomic E-state index is 0.151. The topological polar surface area (TPSA) is 68.8 Å². The molecule has 0 bridgehead atoms. The summed E-state index contributed by atoms with van der Waals surface area (Å²) in [7, 11) is 1.96. The zero-order valence-corrected chi connectivity index (χ0v) is 16.0. The van der Waals surface area contributed by atoms with Crippen LogP contribution in [0.4, 0.5) is 0 Å². The van der Waals surface area contributed by atoms with Crippen LogP contribution in [-0.2, 0) is 37.8 Å². The highest BCUT2D eigenvalue weighted by Crippen LogP contribution is 2.29. The summed E-state index contributed by atoms with van der Waals surface area (Å²) in [6.07, 6.45) is 2.95. The van der Waals surface area contributed by atoms with Gasteiger partial charge in [0.2, 0.25) is 5.91 Å². The smallest absolute Gasteiger partial charge is 0.227 e. The molecule has 0 N–H and O–H groups in total. The fourth-order valence-electron chi connectivity index (χ4n) is 3.76. The maximum atomic E-state index is 12.9. The highest BCUT2D eigenvalue weighted by Gasteiger charge is 2.28. The third kappa shape index (κ3) is 3.25. The normalized spacial score (nSPS) is 13.7. The molecule has 0 saturated carbocycles. The first-order chi connectivity index (χ1) is 13.1. The summed E-state index contributed by atoms with van der Waals surface area (Å²) < 4.78 is 3.90. The van der Waals surface area contributed by atoms with Crippen LogP contribution in [0.1, 0.15) is 29.3 Å². The summed E-state index contributed by atoms with van der Waals surface area (Å²) >= 11 is 0. The second-order valence-electron chi connectivity index (χ2n) is 7.07. The Bertz CT molecular complexity index is 986. The average molecular weight is 364 g/mol. The number of amides is 1. The fraction of sp³-hybridized carbons (Fsp3) is 0.400. The second-order valence-corrected chi connectivity index (χ2v) is 7.07. The number of fused-ring (bicyclic) bond motifs is 1. The fourth-order valence-corrected chi connectivity index (χ4v) is 3.76. The summed E-state index contributed by atoms with van der Waals surface area (Å²) in [6.45, 7) is 6.17. The van der Waals surface area contributed by atoms with Crippen LogP contribution in [0, 0.1) is 6.92 Å². The molecular formula is C20H24N6O. The standard InChI is InChI=1S/C20H24N6O/c1-4-25-13-21-22-20(25)19-16-12-26(9-8-17(16)24(3)23-19)18(27)11-15-7-5-6-14(2)10-15/h5-7,10,13H,4,8-9,11-12H2,1-3H3. The van der Waals surface area contributed by atoms with E-state index in [0.29, 0.717) is 13.0 Å². The van der Waals surface area contributed by atoms with Gasteiger partial charge in [0.15, 0.2) is 5.82 Å². The Morgan fingerprint density at radius 3 is 2.93 bits per heavy atom. The van der Waals surface area contributed by atoms with Gasteiger partial charge < -0.3 is 9.47 Å². The van der Waals surface area contributed by atoms with Gasteiger partial charge in [0.1, 0.15) is 12.0 Å². The van der Waals surface area contributed by atoms with E-state index in [0.717, 1.165) is 42.2 Å². The molecule has 7 nitrogen and oxygen atoms in total. The van der Waals surface area contributed by atoms with Crippen molar-refractivity contribution < 1.29 is 4.79 Å². The van der Waals surface area contributed by atoms with Crippen molar-refractivity contribution in [1.29, 1.82) is 0 Å². The number of carbonyl (C=O) groups is 1. The van der Waals surface area contributed by atoms with Crippen molar-refractivity contribution in [3.63, 3.8) is 0 Å². The number of aromatic nitrogens is 5. The predicted octanol–water partition coefficient (Wildman–Crippen LogP) is 2.13. The van der Waals surface area contributed by atoms with Crippen molar-refractivity contribution >= 4 is 5.91 Å². The zero-order valence-electron chi connectivity index (χ0n) is 16.0. The maximum absolute atomic E-state index is 12.9. The largest absolute Gasteiger partial charge is 0.338 e. The van der Waals surface area contributed by atoms with Gasteiger partial charge in [0, 0.05) is 44.4 Å². The number of aryl methyl sites for hydroxylation is 3. The number of hydrogen-bond acceptors (Lipinski definition) is 4. The van der Waals surface area contributed by atoms with E-state index in [2.05, 4.69) is 28.3 Å². The van der Waals surface area contributed by atoms with Gasteiger partial charge in [0.05, 0.1) is 6.42 Å². The van der Waals surface area contributed by atoms with Gasteiger partial charge in [-0.1, -0.05) is 29.8 Å². The van der Waals surface area contributed by atoms with Gasteiger partial charge in [-0.3, -0.25) is 9.48 Å². The van der Waals surface area contributed by atoms with Gasteiger partial charge in [-0.05, 0) is 19.4 Å². The van der Waals surface area contributed by atoms with Crippen molar-refractivity contribution in [1.82, 2.24) is 29.4 Å². The Morgan fingerprint density at radius 2 is 2.15 bits per heavy atom. The van der Waals surface area contributed by atoms with Crippen molar-refractivity contribution in [2.24, 2.45) is 7.05 Å². The molecule has 1 aromatic carbocycles. The maximum Gasteiger partial charge on any atom is 0.227 e. The quantitative estimate of drug-likeness (QED) is 0.711. The number of hydrogen-bond donors (Lipinski definition) is 0. The van der Waals surface area contributed by atoms with Gasteiger partial charge in [0.25, 0.3) is 0 Å². The van der Waals surface area contributed by atoms with Gasteiger partial charge in [-0.15, -0.1) is 10.2 Å². The molecule has 1 aliphatic rings. The summed E-state index contributed by atoms with van der Waals surface area (Å²) in [6, 6.07) is 8.14. The lowest BCUT2D eigenvalue weighted by molar-refractivity contribution is -0.131.